The van der Waals surface area contributed by atoms with Crippen LogP contribution in [0.25, 0.3) is 0 Å². The second-order valence-corrected chi connectivity index (χ2v) is 4.65. The van der Waals surface area contributed by atoms with E-state index in [0.29, 0.717) is 15.2 Å². The molecule has 0 rings (SSSR count). The van der Waals surface area contributed by atoms with Crippen molar-refractivity contribution in [2.45, 2.75) is 24.4 Å². The molecule has 3 heteroatoms. The molecule has 0 atom stereocenters. The van der Waals surface area contributed by atoms with Gasteiger partial charge in [-0.25, -0.2) is 0 Å². The molecule has 0 amide bonds. The minimum atomic E-state index is 0.666. The highest BCUT2D eigenvalue weighted by atomic mass is 27.1. The van der Waals surface area contributed by atoms with Gasteiger partial charge in [0.05, 0.1) is 0 Å². The Morgan fingerprint density at radius 1 is 1.56 bits per heavy atom. The summed E-state index contributed by atoms with van der Waals surface area (Å²) in [5.41, 5.74) is 0. The summed E-state index contributed by atoms with van der Waals surface area (Å²) in [5.74, 6) is 0.888. The molecule has 0 aromatic carbocycles. The van der Waals surface area contributed by atoms with E-state index in [4.69, 9.17) is 3.79 Å². The van der Waals surface area contributed by atoms with Gasteiger partial charge < -0.3 is 3.79 Å². The Bertz CT molecular complexity index is 57.0. The van der Waals surface area contributed by atoms with Gasteiger partial charge in [0.15, 0.2) is 0 Å². The lowest BCUT2D eigenvalue weighted by Crippen LogP contribution is -1.99. The molecular weight excluding hydrogens is 142 g/mol. The molecular formula is C6H14Al2O. The van der Waals surface area contributed by atoms with Crippen molar-refractivity contribution < 1.29 is 3.79 Å². The molecule has 2 radical (unpaired) electrons. The maximum Gasteiger partial charge on any atom is 0.394 e. The van der Waals surface area contributed by atoms with Gasteiger partial charge in [0.25, 0.3) is 0 Å². The standard InChI is InChI=1S/C4H9.C2H4O.2Al.H/c1-4(2)3;1-2-3;;;/h4H,1H2,2-3H3;1-2H2;;;/q;-1;;+1;. The van der Waals surface area contributed by atoms with Crippen LogP contribution in [0.3, 0.4) is 0 Å². The quantitative estimate of drug-likeness (QED) is 0.426. The molecule has 0 aliphatic carbocycles. The highest BCUT2D eigenvalue weighted by Crippen LogP contribution is 1.99. The Morgan fingerprint density at radius 3 is 2.67 bits per heavy atom. The Kier molecular flexibility index (Phi) is 7.95. The molecule has 0 fully saturated rings. The SMILES string of the molecule is CC(C)[CH2][Al][CH2]C[O][AlH]. The van der Waals surface area contributed by atoms with Crippen LogP contribution in [0.15, 0.2) is 0 Å². The van der Waals surface area contributed by atoms with E-state index in [1.165, 1.54) is 10.6 Å². The largest absolute Gasteiger partial charge is 0.511 e. The third-order valence-corrected chi connectivity index (χ3v) is 3.31. The molecule has 1 nitrogen and oxygen atoms in total. The summed E-state index contributed by atoms with van der Waals surface area (Å²) in [6.45, 7) is 5.53. The normalized spacial score (nSPS) is 10.1. The molecule has 0 aromatic heterocycles. The van der Waals surface area contributed by atoms with Gasteiger partial charge in [0.1, 0.15) is 0 Å². The molecule has 0 heterocycles. The smallest absolute Gasteiger partial charge is 0.394 e. The van der Waals surface area contributed by atoms with Crippen LogP contribution in [0.5, 0.6) is 0 Å². The highest BCUT2D eigenvalue weighted by molar-refractivity contribution is 6.35. The van der Waals surface area contributed by atoms with Crippen molar-refractivity contribution in [3.63, 3.8) is 0 Å². The van der Waals surface area contributed by atoms with Crippen LogP contribution >= 0.6 is 0 Å². The van der Waals surface area contributed by atoms with Gasteiger partial charge in [-0.3, -0.25) is 0 Å². The molecule has 50 valence electrons. The van der Waals surface area contributed by atoms with Crippen LogP contribution < -0.4 is 0 Å². The average molecular weight is 156 g/mol. The first-order valence-electron chi connectivity index (χ1n) is 3.46. The zero-order valence-corrected chi connectivity index (χ0v) is 8.96. The highest BCUT2D eigenvalue weighted by Gasteiger charge is 1.94. The monoisotopic (exact) mass is 156 g/mol. The van der Waals surface area contributed by atoms with E-state index >= 15 is 0 Å². The molecule has 0 aromatic rings. The van der Waals surface area contributed by atoms with Crippen LogP contribution in [-0.2, 0) is 3.79 Å². The van der Waals surface area contributed by atoms with Crippen molar-refractivity contribution in [3.05, 3.63) is 0 Å². The predicted octanol–water partition coefficient (Wildman–Crippen LogP) is 1.02. The molecule has 0 aliphatic rings. The summed E-state index contributed by atoms with van der Waals surface area (Å²) in [7, 11) is 0. The molecule has 0 bridgehead atoms. The lowest BCUT2D eigenvalue weighted by atomic mass is 10.3. The van der Waals surface area contributed by atoms with E-state index in [9.17, 15) is 0 Å². The molecule has 0 N–H and O–H groups in total. The van der Waals surface area contributed by atoms with Crippen LogP contribution in [0.2, 0.25) is 10.6 Å². The van der Waals surface area contributed by atoms with Crippen LogP contribution in [0, 0.1) is 5.92 Å². The molecule has 0 aliphatic heterocycles. The first kappa shape index (κ1) is 10.0. The maximum absolute atomic E-state index is 4.97. The Labute approximate surface area is 72.6 Å². The van der Waals surface area contributed by atoms with Gasteiger partial charge in [-0.15, -0.1) is 5.28 Å². The second-order valence-electron chi connectivity index (χ2n) is 2.62. The Hall–Kier alpha value is 1.02. The topological polar surface area (TPSA) is 9.23 Å². The molecule has 0 saturated carbocycles. The number of rotatable bonds is 5. The lowest BCUT2D eigenvalue weighted by molar-refractivity contribution is 0.374. The summed E-state index contributed by atoms with van der Waals surface area (Å²) in [6, 6.07) is 0. The zero-order valence-electron chi connectivity index (χ0n) is 6.39. The summed E-state index contributed by atoms with van der Waals surface area (Å²) >= 11 is 2.27. The third kappa shape index (κ3) is 9.02. The summed E-state index contributed by atoms with van der Waals surface area (Å²) < 4.78 is 4.97. The lowest BCUT2D eigenvalue weighted by Gasteiger charge is -2.01. The molecule has 0 spiro atoms. The second kappa shape index (κ2) is 7.14. The summed E-state index contributed by atoms with van der Waals surface area (Å²) in [6.07, 6.45) is 0. The van der Waals surface area contributed by atoms with Crippen molar-refractivity contribution >= 4 is 31.8 Å². The van der Waals surface area contributed by atoms with Gasteiger partial charge in [0, 0.05) is 6.61 Å². The maximum atomic E-state index is 4.97. The van der Waals surface area contributed by atoms with Gasteiger partial charge in [0.2, 0.25) is 15.2 Å². The number of hydrogen-bond acceptors (Lipinski definition) is 1. The van der Waals surface area contributed by atoms with E-state index in [1.54, 1.807) is 16.6 Å². The molecule has 9 heavy (non-hydrogen) atoms. The van der Waals surface area contributed by atoms with E-state index in [-0.39, 0.29) is 0 Å². The Balaban J connectivity index is 2.75. The first-order valence-corrected chi connectivity index (χ1v) is 5.67. The summed E-state index contributed by atoms with van der Waals surface area (Å²) in [5, 5.41) is 2.73. The Morgan fingerprint density at radius 2 is 2.22 bits per heavy atom. The molecule has 0 saturated heterocycles. The zero-order chi connectivity index (χ0) is 7.11. The van der Waals surface area contributed by atoms with Crippen molar-refractivity contribution in [2.75, 3.05) is 6.61 Å². The van der Waals surface area contributed by atoms with Gasteiger partial charge in [-0.1, -0.05) is 25.0 Å². The summed E-state index contributed by atoms with van der Waals surface area (Å²) in [4.78, 5) is 0. The van der Waals surface area contributed by atoms with Crippen molar-refractivity contribution in [1.82, 2.24) is 0 Å². The van der Waals surface area contributed by atoms with Crippen molar-refractivity contribution in [3.8, 4) is 0 Å². The predicted molar refractivity (Wildman–Crippen MR) is 43.3 cm³/mol. The van der Waals surface area contributed by atoms with E-state index < -0.39 is 0 Å². The van der Waals surface area contributed by atoms with Crippen LogP contribution in [0.4, 0.5) is 0 Å². The minimum Gasteiger partial charge on any atom is -0.511 e. The van der Waals surface area contributed by atoms with E-state index in [0.717, 1.165) is 12.5 Å². The minimum absolute atomic E-state index is 0.666. The molecule has 0 unspecified atom stereocenters. The van der Waals surface area contributed by atoms with Crippen LogP contribution in [-0.4, -0.2) is 38.5 Å². The average Bonchev–Trinajstić information content (AvgIpc) is 1.80. The fourth-order valence-electron chi connectivity index (χ4n) is 0.618. The third-order valence-electron chi connectivity index (χ3n) is 1.10. The first-order chi connectivity index (χ1) is 4.27. The van der Waals surface area contributed by atoms with Gasteiger partial charge in [-0.2, -0.15) is 0 Å². The van der Waals surface area contributed by atoms with Gasteiger partial charge >= 0.3 is 16.6 Å². The fourth-order valence-corrected chi connectivity index (χ4v) is 2.35. The van der Waals surface area contributed by atoms with E-state index in [2.05, 4.69) is 13.8 Å². The fraction of sp³-hybridized carbons (Fsp3) is 1.00. The van der Waals surface area contributed by atoms with Crippen molar-refractivity contribution in [1.29, 1.82) is 0 Å². The van der Waals surface area contributed by atoms with E-state index in [1.807, 2.05) is 0 Å². The van der Waals surface area contributed by atoms with Crippen molar-refractivity contribution in [2.24, 2.45) is 5.92 Å². The number of hydrogen-bond donors (Lipinski definition) is 0. The van der Waals surface area contributed by atoms with Gasteiger partial charge in [-0.05, 0) is 0 Å². The van der Waals surface area contributed by atoms with Crippen LogP contribution in [0.1, 0.15) is 13.8 Å².